The predicted molar refractivity (Wildman–Crippen MR) is 71.5 cm³/mol. The number of phenolic OH excluding ortho intramolecular Hbond substituents is 2. The van der Waals surface area contributed by atoms with Gasteiger partial charge in [0, 0.05) is 0 Å². The van der Waals surface area contributed by atoms with Gasteiger partial charge in [-0.05, 0) is 43.5 Å². The molecule has 19 heavy (non-hydrogen) atoms. The van der Waals surface area contributed by atoms with Crippen molar-refractivity contribution in [3.8, 4) is 11.5 Å². The summed E-state index contributed by atoms with van der Waals surface area (Å²) in [4.78, 5) is 10.5. The molecule has 1 aromatic carbocycles. The number of rotatable bonds is 4. The molecule has 0 atom stereocenters. The fourth-order valence-corrected chi connectivity index (χ4v) is 1.39. The van der Waals surface area contributed by atoms with Gasteiger partial charge in [0.15, 0.2) is 11.5 Å². The Morgan fingerprint density at radius 2 is 2.11 bits per heavy atom. The number of aromatic hydroxyl groups is 2. The highest BCUT2D eigenvalue weighted by atomic mass is 16.5. The predicted octanol–water partition coefficient (Wildman–Crippen LogP) is 1.68. The number of nitrogens with two attached hydrogens (primary N) is 1. The molecular formula is C14H19NO4. The van der Waals surface area contributed by atoms with Gasteiger partial charge in [-0.25, -0.2) is 0 Å². The summed E-state index contributed by atoms with van der Waals surface area (Å²) in [5.74, 6) is -0.116. The first-order valence-corrected chi connectivity index (χ1v) is 6.10. The van der Waals surface area contributed by atoms with Gasteiger partial charge in [-0.1, -0.05) is 12.6 Å². The van der Waals surface area contributed by atoms with Crippen molar-refractivity contribution in [2.75, 3.05) is 6.54 Å². The van der Waals surface area contributed by atoms with E-state index < -0.39 is 0 Å². The van der Waals surface area contributed by atoms with Crippen LogP contribution in [-0.2, 0) is 16.0 Å². The summed E-state index contributed by atoms with van der Waals surface area (Å²) in [6.45, 7) is 3.81. The van der Waals surface area contributed by atoms with Gasteiger partial charge in [-0.15, -0.1) is 0 Å². The first kappa shape index (κ1) is 15.0. The van der Waals surface area contributed by atoms with E-state index >= 15 is 0 Å². The largest absolute Gasteiger partial charge is 0.504 e. The van der Waals surface area contributed by atoms with Crippen molar-refractivity contribution in [3.05, 3.63) is 36.6 Å². The number of esters is 1. The quantitative estimate of drug-likeness (QED) is 0.437. The Hall–Kier alpha value is -2.01. The summed E-state index contributed by atoms with van der Waals surface area (Å²) in [7, 11) is 0. The fourth-order valence-electron chi connectivity index (χ4n) is 1.39. The lowest BCUT2D eigenvalue weighted by Crippen LogP contribution is -2.02. The van der Waals surface area contributed by atoms with Crippen LogP contribution in [0.4, 0.5) is 0 Å². The second kappa shape index (κ2) is 7.43. The highest BCUT2D eigenvalue weighted by Gasteiger charge is 2.30. The molecule has 5 heteroatoms. The first-order chi connectivity index (χ1) is 9.08. The molecule has 1 fully saturated rings. The number of phenols is 2. The topological polar surface area (TPSA) is 92.8 Å². The molecule has 0 radical (unpaired) electrons. The Bertz CT molecular complexity index is 441. The minimum Gasteiger partial charge on any atom is -0.504 e. The van der Waals surface area contributed by atoms with Crippen LogP contribution in [0.5, 0.6) is 11.5 Å². The second-order valence-corrected chi connectivity index (χ2v) is 4.24. The van der Waals surface area contributed by atoms with Crippen LogP contribution in [0.3, 0.4) is 0 Å². The molecule has 0 unspecified atom stereocenters. The normalized spacial score (nSPS) is 13.1. The summed E-state index contributed by atoms with van der Waals surface area (Å²) in [5.41, 5.74) is 6.24. The maximum atomic E-state index is 10.5. The Labute approximate surface area is 112 Å². The van der Waals surface area contributed by atoms with E-state index in [1.807, 2.05) is 0 Å². The Morgan fingerprint density at radius 1 is 1.42 bits per heavy atom. The van der Waals surface area contributed by atoms with Gasteiger partial charge < -0.3 is 20.7 Å². The van der Waals surface area contributed by atoms with Crippen LogP contribution in [0.25, 0.3) is 0 Å². The van der Waals surface area contributed by atoms with Gasteiger partial charge in [-0.2, -0.15) is 0 Å². The molecule has 1 aliphatic rings. The SMILES string of the molecule is C=COC(=O)C1CC1.NCCc1ccc(O)c(O)c1. The van der Waals surface area contributed by atoms with E-state index in [4.69, 9.17) is 15.9 Å². The Morgan fingerprint density at radius 3 is 2.58 bits per heavy atom. The molecule has 0 saturated heterocycles. The molecule has 2 rings (SSSR count). The summed E-state index contributed by atoms with van der Waals surface area (Å²) in [5, 5.41) is 18.0. The number of benzene rings is 1. The van der Waals surface area contributed by atoms with Gasteiger partial charge in [0.25, 0.3) is 0 Å². The molecule has 5 nitrogen and oxygen atoms in total. The zero-order valence-corrected chi connectivity index (χ0v) is 10.7. The van der Waals surface area contributed by atoms with Crippen LogP contribution >= 0.6 is 0 Å². The van der Waals surface area contributed by atoms with Gasteiger partial charge in [-0.3, -0.25) is 4.79 Å². The molecule has 0 aliphatic heterocycles. The van der Waals surface area contributed by atoms with E-state index in [1.54, 1.807) is 6.07 Å². The smallest absolute Gasteiger partial charge is 0.313 e. The molecule has 1 aromatic rings. The van der Waals surface area contributed by atoms with Crippen molar-refractivity contribution in [1.29, 1.82) is 0 Å². The molecule has 0 amide bonds. The van der Waals surface area contributed by atoms with E-state index in [-0.39, 0.29) is 23.4 Å². The molecule has 0 spiro atoms. The summed E-state index contributed by atoms with van der Waals surface area (Å²) in [6.07, 6.45) is 3.88. The maximum Gasteiger partial charge on any atom is 0.313 e. The van der Waals surface area contributed by atoms with Gasteiger partial charge in [0.1, 0.15) is 0 Å². The van der Waals surface area contributed by atoms with Crippen LogP contribution < -0.4 is 5.73 Å². The monoisotopic (exact) mass is 265 g/mol. The summed E-state index contributed by atoms with van der Waals surface area (Å²) < 4.78 is 4.49. The molecule has 4 N–H and O–H groups in total. The van der Waals surface area contributed by atoms with E-state index in [2.05, 4.69) is 11.3 Å². The lowest BCUT2D eigenvalue weighted by Gasteiger charge is -2.00. The molecule has 1 aliphatic carbocycles. The van der Waals surface area contributed by atoms with Crippen LogP contribution in [0.1, 0.15) is 18.4 Å². The summed E-state index contributed by atoms with van der Waals surface area (Å²) in [6, 6.07) is 4.71. The maximum absolute atomic E-state index is 10.5. The van der Waals surface area contributed by atoms with E-state index in [0.29, 0.717) is 13.0 Å². The van der Waals surface area contributed by atoms with Crippen molar-refractivity contribution in [2.45, 2.75) is 19.3 Å². The van der Waals surface area contributed by atoms with E-state index in [9.17, 15) is 4.79 Å². The molecule has 0 heterocycles. The number of hydrogen-bond acceptors (Lipinski definition) is 5. The van der Waals surface area contributed by atoms with E-state index in [0.717, 1.165) is 18.4 Å². The first-order valence-electron chi connectivity index (χ1n) is 6.10. The fraction of sp³-hybridized carbons (Fsp3) is 0.357. The van der Waals surface area contributed by atoms with Crippen molar-refractivity contribution in [1.82, 2.24) is 0 Å². The lowest BCUT2D eigenvalue weighted by molar-refractivity contribution is -0.139. The van der Waals surface area contributed by atoms with Crippen LogP contribution in [0.15, 0.2) is 31.0 Å². The lowest BCUT2D eigenvalue weighted by atomic mass is 10.1. The standard InChI is InChI=1S/C8H11NO2.C6H8O2/c9-4-3-6-1-2-7(10)8(11)5-6;1-2-8-6(7)5-3-4-5/h1-2,5,10-11H,3-4,9H2;2,5H,1,3-4H2. The minimum atomic E-state index is -0.125. The zero-order chi connectivity index (χ0) is 14.3. The van der Waals surface area contributed by atoms with Gasteiger partial charge in [0.05, 0.1) is 12.2 Å². The molecular weight excluding hydrogens is 246 g/mol. The third kappa shape index (κ3) is 5.44. The number of carbonyl (C=O) groups is 1. The zero-order valence-electron chi connectivity index (χ0n) is 10.7. The van der Waals surface area contributed by atoms with Crippen molar-refractivity contribution in [3.63, 3.8) is 0 Å². The summed E-state index contributed by atoms with van der Waals surface area (Å²) >= 11 is 0. The third-order valence-corrected chi connectivity index (χ3v) is 2.58. The van der Waals surface area contributed by atoms with E-state index in [1.165, 1.54) is 18.4 Å². The van der Waals surface area contributed by atoms with Crippen LogP contribution in [-0.4, -0.2) is 22.7 Å². The number of ether oxygens (including phenoxy) is 1. The van der Waals surface area contributed by atoms with Gasteiger partial charge in [0.2, 0.25) is 0 Å². The van der Waals surface area contributed by atoms with Crippen molar-refractivity contribution < 1.29 is 19.7 Å². The Kier molecular flexibility index (Phi) is 5.89. The number of hydrogen-bond donors (Lipinski definition) is 3. The minimum absolute atomic E-state index is 0.0871. The molecule has 0 bridgehead atoms. The van der Waals surface area contributed by atoms with Gasteiger partial charge >= 0.3 is 5.97 Å². The average Bonchev–Trinajstić information content (AvgIpc) is 3.20. The van der Waals surface area contributed by atoms with Crippen LogP contribution in [0.2, 0.25) is 0 Å². The molecule has 0 aromatic heterocycles. The van der Waals surface area contributed by atoms with Crippen molar-refractivity contribution >= 4 is 5.97 Å². The molecule has 104 valence electrons. The second-order valence-electron chi connectivity index (χ2n) is 4.24. The average molecular weight is 265 g/mol. The Balaban J connectivity index is 0.000000200. The van der Waals surface area contributed by atoms with Crippen LogP contribution in [0, 0.1) is 5.92 Å². The number of carbonyl (C=O) groups excluding carboxylic acids is 1. The highest BCUT2D eigenvalue weighted by Crippen LogP contribution is 2.29. The van der Waals surface area contributed by atoms with Crippen molar-refractivity contribution in [2.24, 2.45) is 11.7 Å². The third-order valence-electron chi connectivity index (χ3n) is 2.58. The molecule has 1 saturated carbocycles. The highest BCUT2D eigenvalue weighted by molar-refractivity contribution is 5.75.